The first-order valence-corrected chi connectivity index (χ1v) is 7.76. The number of carboxylic acids is 1. The molecule has 6 heteroatoms. The first-order chi connectivity index (χ1) is 10.1. The number of rotatable bonds is 5. The zero-order valence-corrected chi connectivity index (χ0v) is 12.8. The van der Waals surface area contributed by atoms with E-state index < -0.39 is 5.97 Å². The smallest absolute Gasteiger partial charge is 0.328 e. The highest BCUT2D eigenvalue weighted by Crippen LogP contribution is 2.20. The lowest BCUT2D eigenvalue weighted by atomic mass is 10.1. The first kappa shape index (κ1) is 15.7. The number of carbonyl (C=O) groups excluding carboxylic acids is 1. The average molecular weight is 309 g/mol. The minimum atomic E-state index is -0.997. The van der Waals surface area contributed by atoms with Crippen molar-refractivity contribution >= 4 is 29.3 Å². The summed E-state index contributed by atoms with van der Waals surface area (Å²) in [5.74, 6) is -1.05. The predicted molar refractivity (Wildman–Crippen MR) is 81.5 cm³/mol. The Morgan fingerprint density at radius 2 is 2.29 bits per heavy atom. The Labute approximate surface area is 127 Å². The summed E-state index contributed by atoms with van der Waals surface area (Å²) >= 11 is 1.29. The molecule has 1 atom stereocenters. The molecule has 0 aliphatic carbocycles. The summed E-state index contributed by atoms with van der Waals surface area (Å²) in [4.78, 5) is 25.8. The molecule has 1 fully saturated rings. The van der Waals surface area contributed by atoms with Crippen LogP contribution in [-0.4, -0.2) is 48.2 Å². The summed E-state index contributed by atoms with van der Waals surface area (Å²) in [5, 5.41) is 8.59. The van der Waals surface area contributed by atoms with Crippen LogP contribution in [0.1, 0.15) is 33.8 Å². The second-order valence-corrected chi connectivity index (χ2v) is 6.16. The van der Waals surface area contributed by atoms with Gasteiger partial charge in [0.2, 0.25) is 0 Å². The van der Waals surface area contributed by atoms with E-state index in [0.717, 1.165) is 36.8 Å². The van der Waals surface area contributed by atoms with Crippen molar-refractivity contribution in [3.05, 3.63) is 28.0 Å². The van der Waals surface area contributed by atoms with E-state index in [-0.39, 0.29) is 12.0 Å². The molecule has 0 bridgehead atoms. The van der Waals surface area contributed by atoms with Crippen molar-refractivity contribution in [2.24, 2.45) is 0 Å². The molecular weight excluding hydrogens is 290 g/mol. The fraction of sp³-hybridized carbons (Fsp3) is 0.467. The summed E-state index contributed by atoms with van der Waals surface area (Å²) in [5.41, 5.74) is 0. The lowest BCUT2D eigenvalue weighted by molar-refractivity contribution is -0.131. The number of thiophene rings is 1. The van der Waals surface area contributed by atoms with Gasteiger partial charge in [0.25, 0.3) is 5.91 Å². The van der Waals surface area contributed by atoms with Gasteiger partial charge in [-0.05, 0) is 37.5 Å². The van der Waals surface area contributed by atoms with E-state index >= 15 is 0 Å². The third-order valence-corrected chi connectivity index (χ3v) is 4.36. The zero-order chi connectivity index (χ0) is 15.2. The maximum absolute atomic E-state index is 12.3. The minimum Gasteiger partial charge on any atom is -0.478 e. The van der Waals surface area contributed by atoms with Crippen LogP contribution in [0.3, 0.4) is 0 Å². The lowest BCUT2D eigenvalue weighted by Crippen LogP contribution is -2.36. The SMILES string of the molecule is CN(CC1CCCCO1)C(=O)c1ccc(C=CC(=O)O)s1. The molecule has 1 N–H and O–H groups in total. The van der Waals surface area contributed by atoms with E-state index in [2.05, 4.69) is 0 Å². The first-order valence-electron chi connectivity index (χ1n) is 6.94. The number of nitrogens with zero attached hydrogens (tertiary/aromatic N) is 1. The van der Waals surface area contributed by atoms with E-state index in [1.807, 2.05) is 0 Å². The molecule has 21 heavy (non-hydrogen) atoms. The van der Waals surface area contributed by atoms with Gasteiger partial charge in [-0.2, -0.15) is 0 Å². The number of ether oxygens (including phenoxy) is 1. The standard InChI is InChI=1S/C15H19NO4S/c1-16(10-11-4-2-3-9-20-11)15(19)13-7-5-12(21-13)6-8-14(17)18/h5-8,11H,2-4,9-10H2,1H3,(H,17,18). The second-order valence-electron chi connectivity index (χ2n) is 5.05. The van der Waals surface area contributed by atoms with E-state index in [9.17, 15) is 9.59 Å². The number of aliphatic carboxylic acids is 1. The maximum Gasteiger partial charge on any atom is 0.328 e. The fourth-order valence-corrected chi connectivity index (χ4v) is 3.14. The number of hydrogen-bond donors (Lipinski definition) is 1. The number of carboxylic acid groups (broad SMARTS) is 1. The molecule has 1 aromatic rings. The third kappa shape index (κ3) is 4.68. The lowest BCUT2D eigenvalue weighted by Gasteiger charge is -2.27. The van der Waals surface area contributed by atoms with E-state index in [0.29, 0.717) is 11.4 Å². The molecule has 1 unspecified atom stereocenters. The van der Waals surface area contributed by atoms with Crippen LogP contribution < -0.4 is 0 Å². The summed E-state index contributed by atoms with van der Waals surface area (Å²) in [7, 11) is 1.77. The van der Waals surface area contributed by atoms with Crippen molar-refractivity contribution in [3.63, 3.8) is 0 Å². The number of amides is 1. The van der Waals surface area contributed by atoms with Gasteiger partial charge >= 0.3 is 5.97 Å². The van der Waals surface area contributed by atoms with Gasteiger partial charge in [0.05, 0.1) is 11.0 Å². The van der Waals surface area contributed by atoms with Crippen molar-refractivity contribution in [2.45, 2.75) is 25.4 Å². The summed E-state index contributed by atoms with van der Waals surface area (Å²) < 4.78 is 5.64. The molecule has 2 rings (SSSR count). The molecule has 0 aromatic carbocycles. The van der Waals surface area contributed by atoms with Crippen LogP contribution >= 0.6 is 11.3 Å². The Morgan fingerprint density at radius 1 is 1.48 bits per heavy atom. The quantitative estimate of drug-likeness (QED) is 0.849. The minimum absolute atomic E-state index is 0.0517. The van der Waals surface area contributed by atoms with Crippen LogP contribution in [0.25, 0.3) is 6.08 Å². The second kappa shape index (κ2) is 7.38. The van der Waals surface area contributed by atoms with Gasteiger partial charge in [-0.25, -0.2) is 4.79 Å². The van der Waals surface area contributed by atoms with Crippen molar-refractivity contribution < 1.29 is 19.4 Å². The molecule has 1 aliphatic rings. The molecule has 5 nitrogen and oxygen atoms in total. The molecule has 1 aliphatic heterocycles. The molecule has 0 radical (unpaired) electrons. The van der Waals surface area contributed by atoms with Crippen LogP contribution in [0.2, 0.25) is 0 Å². The van der Waals surface area contributed by atoms with E-state index in [1.165, 1.54) is 17.4 Å². The fourth-order valence-electron chi connectivity index (χ4n) is 2.24. The molecule has 0 saturated carbocycles. The van der Waals surface area contributed by atoms with Crippen LogP contribution in [-0.2, 0) is 9.53 Å². The molecular formula is C15H19NO4S. The van der Waals surface area contributed by atoms with E-state index in [1.54, 1.807) is 24.1 Å². The Bertz CT molecular complexity index is 532. The third-order valence-electron chi connectivity index (χ3n) is 3.33. The van der Waals surface area contributed by atoms with Crippen molar-refractivity contribution in [3.8, 4) is 0 Å². The molecule has 1 saturated heterocycles. The van der Waals surface area contributed by atoms with Gasteiger partial charge in [-0.15, -0.1) is 11.3 Å². The predicted octanol–water partition coefficient (Wildman–Crippen LogP) is 2.49. The van der Waals surface area contributed by atoms with Crippen LogP contribution in [0, 0.1) is 0 Å². The summed E-state index contributed by atoms with van der Waals surface area (Å²) in [6.07, 6.45) is 5.93. The van der Waals surface area contributed by atoms with Crippen LogP contribution in [0.4, 0.5) is 0 Å². The zero-order valence-electron chi connectivity index (χ0n) is 11.9. The van der Waals surface area contributed by atoms with Crippen molar-refractivity contribution in [1.82, 2.24) is 4.90 Å². The van der Waals surface area contributed by atoms with Gasteiger partial charge in [-0.3, -0.25) is 4.79 Å². The van der Waals surface area contributed by atoms with Gasteiger partial charge in [-0.1, -0.05) is 0 Å². The topological polar surface area (TPSA) is 66.8 Å². The molecule has 2 heterocycles. The monoisotopic (exact) mass is 309 g/mol. The van der Waals surface area contributed by atoms with Gasteiger partial charge < -0.3 is 14.7 Å². The highest BCUT2D eigenvalue weighted by Gasteiger charge is 2.20. The van der Waals surface area contributed by atoms with Crippen LogP contribution in [0.5, 0.6) is 0 Å². The molecule has 0 spiro atoms. The Balaban J connectivity index is 1.93. The van der Waals surface area contributed by atoms with Gasteiger partial charge in [0, 0.05) is 31.2 Å². The van der Waals surface area contributed by atoms with E-state index in [4.69, 9.17) is 9.84 Å². The Kier molecular flexibility index (Phi) is 5.52. The number of hydrogen-bond acceptors (Lipinski definition) is 4. The molecule has 1 aromatic heterocycles. The summed E-state index contributed by atoms with van der Waals surface area (Å²) in [6, 6.07) is 3.48. The van der Waals surface area contributed by atoms with Crippen molar-refractivity contribution in [1.29, 1.82) is 0 Å². The van der Waals surface area contributed by atoms with Crippen molar-refractivity contribution in [2.75, 3.05) is 20.2 Å². The Morgan fingerprint density at radius 3 is 2.95 bits per heavy atom. The summed E-state index contributed by atoms with van der Waals surface area (Å²) in [6.45, 7) is 1.37. The van der Waals surface area contributed by atoms with Crippen LogP contribution in [0.15, 0.2) is 18.2 Å². The molecule has 1 amide bonds. The highest BCUT2D eigenvalue weighted by atomic mass is 32.1. The normalized spacial score (nSPS) is 18.8. The Hall–Kier alpha value is -1.66. The maximum atomic E-state index is 12.3. The molecule has 114 valence electrons. The van der Waals surface area contributed by atoms with Gasteiger partial charge in [0.1, 0.15) is 0 Å². The number of carbonyl (C=O) groups is 2. The van der Waals surface area contributed by atoms with Gasteiger partial charge in [0.15, 0.2) is 0 Å². The average Bonchev–Trinajstić information content (AvgIpc) is 2.94. The number of likely N-dealkylation sites (N-methyl/N-ethyl adjacent to an activating group) is 1. The largest absolute Gasteiger partial charge is 0.478 e. The highest BCUT2D eigenvalue weighted by molar-refractivity contribution is 7.14.